The molecule has 0 bridgehead atoms. The molecule has 0 unspecified atom stereocenters. The molecule has 1 amide bonds. The molecule has 0 spiro atoms. The number of carbonyl (C=O) groups excluding carboxylic acids is 1. The minimum absolute atomic E-state index is 0.0474. The first-order valence-electron chi connectivity index (χ1n) is 6.34. The fourth-order valence-electron chi connectivity index (χ4n) is 2.27. The third-order valence-electron chi connectivity index (χ3n) is 3.45. The van der Waals surface area contributed by atoms with E-state index in [0.717, 1.165) is 0 Å². The molecule has 1 aromatic rings. The number of halogens is 1. The van der Waals surface area contributed by atoms with E-state index in [1.54, 1.807) is 18.2 Å². The molecule has 0 aromatic heterocycles. The third-order valence-corrected chi connectivity index (χ3v) is 3.68. The molecular weight excluding hydrogens is 282 g/mol. The summed E-state index contributed by atoms with van der Waals surface area (Å²) in [5.74, 6) is -0.672. The normalized spacial score (nSPS) is 20.9. The Morgan fingerprint density at radius 2 is 2.15 bits per heavy atom. The molecule has 0 saturated heterocycles. The van der Waals surface area contributed by atoms with E-state index in [9.17, 15) is 9.59 Å². The number of carbonyl (C=O) groups is 2. The van der Waals surface area contributed by atoms with Gasteiger partial charge in [0.2, 0.25) is 5.91 Å². The van der Waals surface area contributed by atoms with E-state index in [-0.39, 0.29) is 24.3 Å². The van der Waals surface area contributed by atoms with Crippen molar-refractivity contribution in [2.45, 2.75) is 25.3 Å². The average molecular weight is 298 g/mol. The number of nitrogens with one attached hydrogen (secondary N) is 1. The molecule has 0 atom stereocenters. The first-order chi connectivity index (χ1) is 9.49. The lowest BCUT2D eigenvalue weighted by atomic mass is 9.80. The fraction of sp³-hybridized carbons (Fsp3) is 0.429. The molecule has 0 radical (unpaired) electrons. The van der Waals surface area contributed by atoms with Crippen LogP contribution in [0.4, 0.5) is 0 Å². The number of amides is 1. The molecule has 108 valence electrons. The van der Waals surface area contributed by atoms with Crippen molar-refractivity contribution in [3.05, 3.63) is 28.8 Å². The Morgan fingerprint density at radius 3 is 2.75 bits per heavy atom. The first-order valence-corrected chi connectivity index (χ1v) is 6.72. The summed E-state index contributed by atoms with van der Waals surface area (Å²) in [6.07, 6.45) is 1.15. The van der Waals surface area contributed by atoms with Gasteiger partial charge < -0.3 is 15.2 Å². The molecule has 2 N–H and O–H groups in total. The molecule has 0 heterocycles. The molecule has 1 saturated carbocycles. The zero-order valence-electron chi connectivity index (χ0n) is 11.1. The van der Waals surface area contributed by atoms with E-state index in [4.69, 9.17) is 21.4 Å². The van der Waals surface area contributed by atoms with Gasteiger partial charge in [0.15, 0.2) is 0 Å². The predicted octanol–water partition coefficient (Wildman–Crippen LogP) is 1.87. The average Bonchev–Trinajstić information content (AvgIpc) is 2.33. The largest absolute Gasteiger partial charge is 0.496 e. The third kappa shape index (κ3) is 3.42. The lowest BCUT2D eigenvalue weighted by Crippen LogP contribution is -2.47. The summed E-state index contributed by atoms with van der Waals surface area (Å²) in [5, 5.41) is 12.1. The number of benzene rings is 1. The maximum Gasteiger partial charge on any atom is 0.306 e. The highest BCUT2D eigenvalue weighted by atomic mass is 35.5. The number of methoxy groups -OCH3 is 1. The van der Waals surface area contributed by atoms with E-state index >= 15 is 0 Å². The fourth-order valence-corrected chi connectivity index (χ4v) is 2.47. The van der Waals surface area contributed by atoms with Gasteiger partial charge in [-0.3, -0.25) is 9.59 Å². The molecule has 0 aliphatic heterocycles. The van der Waals surface area contributed by atoms with Gasteiger partial charge in [0.1, 0.15) is 5.75 Å². The van der Waals surface area contributed by atoms with Gasteiger partial charge in [0.05, 0.1) is 19.4 Å². The quantitative estimate of drug-likeness (QED) is 0.870. The lowest BCUT2D eigenvalue weighted by molar-refractivity contribution is -0.146. The minimum atomic E-state index is -0.799. The monoisotopic (exact) mass is 297 g/mol. The molecule has 2 rings (SSSR count). The van der Waals surface area contributed by atoms with Gasteiger partial charge in [-0.15, -0.1) is 0 Å². The second-order valence-corrected chi connectivity index (χ2v) is 5.34. The molecule has 1 aliphatic carbocycles. The van der Waals surface area contributed by atoms with E-state index < -0.39 is 5.97 Å². The molecule has 1 aliphatic rings. The topological polar surface area (TPSA) is 75.6 Å². The Kier molecular flexibility index (Phi) is 4.49. The van der Waals surface area contributed by atoms with Crippen molar-refractivity contribution < 1.29 is 19.4 Å². The van der Waals surface area contributed by atoms with Gasteiger partial charge in [-0.25, -0.2) is 0 Å². The Hall–Kier alpha value is -1.75. The van der Waals surface area contributed by atoms with Crippen molar-refractivity contribution in [1.82, 2.24) is 5.32 Å². The van der Waals surface area contributed by atoms with E-state index in [1.165, 1.54) is 7.11 Å². The standard InChI is InChI=1S/C14H16ClNO4/c1-20-12-3-2-10(15)4-8(12)7-13(17)16-11-5-9(6-11)14(18)19/h2-4,9,11H,5-7H2,1H3,(H,16,17)(H,18,19). The highest BCUT2D eigenvalue weighted by Crippen LogP contribution is 2.28. The van der Waals surface area contributed by atoms with Gasteiger partial charge in [-0.1, -0.05) is 11.6 Å². The van der Waals surface area contributed by atoms with Crippen LogP contribution in [-0.2, 0) is 16.0 Å². The number of carboxylic acid groups (broad SMARTS) is 1. The Morgan fingerprint density at radius 1 is 1.45 bits per heavy atom. The van der Waals surface area contributed by atoms with Crippen LogP contribution in [0.25, 0.3) is 0 Å². The Bertz CT molecular complexity index is 526. The van der Waals surface area contributed by atoms with Crippen LogP contribution >= 0.6 is 11.6 Å². The minimum Gasteiger partial charge on any atom is -0.496 e. The summed E-state index contributed by atoms with van der Waals surface area (Å²) in [4.78, 5) is 22.6. The number of ether oxygens (including phenoxy) is 1. The highest BCUT2D eigenvalue weighted by molar-refractivity contribution is 6.30. The summed E-state index contributed by atoms with van der Waals surface area (Å²) < 4.78 is 5.18. The van der Waals surface area contributed by atoms with Crippen molar-refractivity contribution in [2.24, 2.45) is 5.92 Å². The summed E-state index contributed by atoms with van der Waals surface area (Å²) in [6, 6.07) is 5.06. The van der Waals surface area contributed by atoms with Crippen LogP contribution in [0.3, 0.4) is 0 Å². The first kappa shape index (κ1) is 14.7. The predicted molar refractivity (Wildman–Crippen MR) is 74.0 cm³/mol. The van der Waals surface area contributed by atoms with Crippen molar-refractivity contribution in [2.75, 3.05) is 7.11 Å². The van der Waals surface area contributed by atoms with Crippen LogP contribution in [0.15, 0.2) is 18.2 Å². The van der Waals surface area contributed by atoms with Crippen molar-refractivity contribution in [1.29, 1.82) is 0 Å². The van der Waals surface area contributed by atoms with Crippen LogP contribution in [-0.4, -0.2) is 30.1 Å². The molecule has 5 nitrogen and oxygen atoms in total. The van der Waals surface area contributed by atoms with Crippen LogP contribution in [0.2, 0.25) is 5.02 Å². The number of carboxylic acids is 1. The summed E-state index contributed by atoms with van der Waals surface area (Å²) >= 11 is 5.90. The molecule has 1 fully saturated rings. The van der Waals surface area contributed by atoms with Gasteiger partial charge in [-0.05, 0) is 31.0 Å². The maximum atomic E-state index is 11.9. The number of aliphatic carboxylic acids is 1. The van der Waals surface area contributed by atoms with Gasteiger partial charge in [0, 0.05) is 16.6 Å². The van der Waals surface area contributed by atoms with Gasteiger partial charge >= 0.3 is 5.97 Å². The van der Waals surface area contributed by atoms with Crippen LogP contribution in [0, 0.1) is 5.92 Å². The Labute approximate surface area is 121 Å². The van der Waals surface area contributed by atoms with E-state index in [2.05, 4.69) is 5.32 Å². The van der Waals surface area contributed by atoms with Gasteiger partial charge in [0.25, 0.3) is 0 Å². The summed E-state index contributed by atoms with van der Waals surface area (Å²) in [7, 11) is 1.54. The van der Waals surface area contributed by atoms with Crippen LogP contribution in [0.1, 0.15) is 18.4 Å². The summed E-state index contributed by atoms with van der Waals surface area (Å²) in [5.41, 5.74) is 0.714. The maximum absolute atomic E-state index is 11.9. The van der Waals surface area contributed by atoms with Crippen molar-refractivity contribution in [3.8, 4) is 5.75 Å². The van der Waals surface area contributed by atoms with Crippen molar-refractivity contribution >= 4 is 23.5 Å². The zero-order valence-corrected chi connectivity index (χ0v) is 11.8. The lowest BCUT2D eigenvalue weighted by Gasteiger charge is -2.32. The van der Waals surface area contributed by atoms with E-state index in [1.807, 2.05) is 0 Å². The van der Waals surface area contributed by atoms with Crippen LogP contribution in [0.5, 0.6) is 5.75 Å². The zero-order chi connectivity index (χ0) is 14.7. The number of rotatable bonds is 5. The molecular formula is C14H16ClNO4. The number of hydrogen-bond donors (Lipinski definition) is 2. The van der Waals surface area contributed by atoms with E-state index in [0.29, 0.717) is 29.2 Å². The molecule has 1 aromatic carbocycles. The highest BCUT2D eigenvalue weighted by Gasteiger charge is 2.35. The SMILES string of the molecule is COc1ccc(Cl)cc1CC(=O)NC1CC(C(=O)O)C1. The second kappa shape index (κ2) is 6.13. The molecule has 20 heavy (non-hydrogen) atoms. The summed E-state index contributed by atoms with van der Waals surface area (Å²) in [6.45, 7) is 0. The van der Waals surface area contributed by atoms with Crippen LogP contribution < -0.4 is 10.1 Å². The smallest absolute Gasteiger partial charge is 0.306 e. The Balaban J connectivity index is 1.89. The van der Waals surface area contributed by atoms with Gasteiger partial charge in [-0.2, -0.15) is 0 Å². The second-order valence-electron chi connectivity index (χ2n) is 4.90. The molecule has 6 heteroatoms. The number of hydrogen-bond acceptors (Lipinski definition) is 3. The van der Waals surface area contributed by atoms with Crippen molar-refractivity contribution in [3.63, 3.8) is 0 Å².